The van der Waals surface area contributed by atoms with Crippen LogP contribution in [0.15, 0.2) is 0 Å². The number of rotatable bonds is 3. The van der Waals surface area contributed by atoms with Crippen molar-refractivity contribution in [2.24, 2.45) is 0 Å². The maximum atomic E-state index is 11.7. The lowest BCUT2D eigenvalue weighted by Crippen LogP contribution is -2.21. The summed E-state index contributed by atoms with van der Waals surface area (Å²) in [5, 5.41) is 3.45. The zero-order valence-corrected chi connectivity index (χ0v) is 6.08. The minimum Gasteiger partial charge on any atom is -0.235 e. The predicted octanol–water partition coefficient (Wildman–Crippen LogP) is 1.60. The Morgan fingerprint density at radius 1 is 1.62 bits per heavy atom. The normalized spacial score (nSPS) is 12.0. The molecule has 0 aromatic carbocycles. The van der Waals surface area contributed by atoms with E-state index in [-0.39, 0.29) is 0 Å². The molecule has 0 saturated heterocycles. The SMILES string of the molecule is CC[N]CC(F)(F)Br. The van der Waals surface area contributed by atoms with E-state index in [1.165, 1.54) is 0 Å². The molecule has 0 bridgehead atoms. The second-order valence-electron chi connectivity index (χ2n) is 1.31. The number of nitrogens with zero attached hydrogens (tertiary/aromatic N) is 1. The molecule has 0 unspecified atom stereocenters. The van der Waals surface area contributed by atoms with Gasteiger partial charge in [-0.1, -0.05) is 6.92 Å². The first-order chi connectivity index (χ1) is 3.56. The summed E-state index contributed by atoms with van der Waals surface area (Å²) in [5.74, 6) is 0. The molecule has 0 N–H and O–H groups in total. The standard InChI is InChI=1S/C4H7BrF2N/c1-2-8-3-4(5,6)7/h2-3H2,1H3. The van der Waals surface area contributed by atoms with Gasteiger partial charge in [0.25, 0.3) is 0 Å². The third-order valence-corrected chi connectivity index (χ3v) is 0.765. The smallest absolute Gasteiger partial charge is 0.235 e. The van der Waals surface area contributed by atoms with E-state index in [0.717, 1.165) is 0 Å². The lowest BCUT2D eigenvalue weighted by molar-refractivity contribution is 0.113. The molecule has 0 amide bonds. The zero-order valence-electron chi connectivity index (χ0n) is 4.50. The highest BCUT2D eigenvalue weighted by molar-refractivity contribution is 9.10. The van der Waals surface area contributed by atoms with E-state index >= 15 is 0 Å². The van der Waals surface area contributed by atoms with Gasteiger partial charge in [-0.25, -0.2) is 5.32 Å². The largest absolute Gasteiger partial charge is 0.315 e. The molecular weight excluding hydrogens is 180 g/mol. The molecule has 0 aromatic heterocycles. The van der Waals surface area contributed by atoms with Crippen molar-refractivity contribution in [1.82, 2.24) is 5.32 Å². The Bertz CT molecular complexity index is 61.5. The number of alkyl halides is 3. The molecule has 1 radical (unpaired) electrons. The van der Waals surface area contributed by atoms with Crippen molar-refractivity contribution in [1.29, 1.82) is 0 Å². The van der Waals surface area contributed by atoms with Crippen LogP contribution >= 0.6 is 15.9 Å². The topological polar surface area (TPSA) is 14.1 Å². The first-order valence-electron chi connectivity index (χ1n) is 2.26. The number of hydrogen-bond donors (Lipinski definition) is 0. The number of hydrogen-bond acceptors (Lipinski definition) is 0. The molecule has 8 heavy (non-hydrogen) atoms. The molecule has 0 aliphatic rings. The van der Waals surface area contributed by atoms with Gasteiger partial charge in [-0.2, -0.15) is 8.78 Å². The van der Waals surface area contributed by atoms with E-state index in [1.54, 1.807) is 6.92 Å². The van der Waals surface area contributed by atoms with E-state index in [0.29, 0.717) is 6.54 Å². The molecule has 0 rings (SSSR count). The van der Waals surface area contributed by atoms with Gasteiger partial charge in [0.15, 0.2) is 0 Å². The lowest BCUT2D eigenvalue weighted by atomic mass is 10.6. The fourth-order valence-corrected chi connectivity index (χ4v) is 0.416. The molecule has 0 atom stereocenters. The maximum Gasteiger partial charge on any atom is 0.315 e. The summed E-state index contributed by atoms with van der Waals surface area (Å²) >= 11 is 2.15. The summed E-state index contributed by atoms with van der Waals surface area (Å²) in [6.45, 7) is 1.74. The van der Waals surface area contributed by atoms with Gasteiger partial charge in [-0.05, 0) is 15.9 Å². The Hall–Kier alpha value is 0.300. The highest BCUT2D eigenvalue weighted by Crippen LogP contribution is 2.19. The van der Waals surface area contributed by atoms with Crippen LogP contribution in [0.1, 0.15) is 6.92 Å². The van der Waals surface area contributed by atoms with Crippen LogP contribution in [0.25, 0.3) is 0 Å². The minimum atomic E-state index is -2.80. The summed E-state index contributed by atoms with van der Waals surface area (Å²) in [4.78, 5) is -2.80. The van der Waals surface area contributed by atoms with Crippen molar-refractivity contribution in [2.75, 3.05) is 13.1 Å². The van der Waals surface area contributed by atoms with Crippen LogP contribution < -0.4 is 5.32 Å². The lowest BCUT2D eigenvalue weighted by Gasteiger charge is -2.04. The first kappa shape index (κ1) is 8.30. The monoisotopic (exact) mass is 186 g/mol. The van der Waals surface area contributed by atoms with Crippen molar-refractivity contribution < 1.29 is 8.78 Å². The molecule has 0 aliphatic heterocycles. The Morgan fingerprint density at radius 2 is 2.12 bits per heavy atom. The molecule has 0 heterocycles. The van der Waals surface area contributed by atoms with E-state index in [9.17, 15) is 8.78 Å². The molecule has 1 nitrogen and oxygen atoms in total. The van der Waals surface area contributed by atoms with Crippen LogP contribution in [-0.2, 0) is 0 Å². The van der Waals surface area contributed by atoms with Gasteiger partial charge >= 0.3 is 4.83 Å². The molecule has 0 aliphatic carbocycles. The fraction of sp³-hybridized carbons (Fsp3) is 1.00. The van der Waals surface area contributed by atoms with E-state index in [4.69, 9.17) is 0 Å². The first-order valence-corrected chi connectivity index (χ1v) is 3.05. The van der Waals surface area contributed by atoms with Gasteiger partial charge in [0, 0.05) is 6.54 Å². The zero-order chi connectivity index (χ0) is 6.62. The van der Waals surface area contributed by atoms with Gasteiger partial charge in [0.2, 0.25) is 0 Å². The molecule has 4 heteroatoms. The average Bonchev–Trinajstić information content (AvgIpc) is 1.59. The molecular formula is C4H7BrF2N. The molecule has 0 saturated carbocycles. The Balaban J connectivity index is 3.11. The Kier molecular flexibility index (Phi) is 3.48. The highest BCUT2D eigenvalue weighted by atomic mass is 79.9. The summed E-state index contributed by atoms with van der Waals surface area (Å²) in [6, 6.07) is 0. The van der Waals surface area contributed by atoms with Gasteiger partial charge in [-0.3, -0.25) is 0 Å². The van der Waals surface area contributed by atoms with Crippen molar-refractivity contribution in [3.8, 4) is 0 Å². The second kappa shape index (κ2) is 3.35. The maximum absolute atomic E-state index is 11.7. The molecule has 0 aromatic rings. The summed E-state index contributed by atoms with van der Waals surface area (Å²) < 4.78 is 23.5. The fourth-order valence-electron chi connectivity index (χ4n) is 0.239. The highest BCUT2D eigenvalue weighted by Gasteiger charge is 2.22. The van der Waals surface area contributed by atoms with Crippen molar-refractivity contribution in [3.05, 3.63) is 0 Å². The van der Waals surface area contributed by atoms with E-state index in [2.05, 4.69) is 21.2 Å². The van der Waals surface area contributed by atoms with Gasteiger partial charge in [0.05, 0.1) is 6.54 Å². The quantitative estimate of drug-likeness (QED) is 0.595. The van der Waals surface area contributed by atoms with Crippen LogP contribution in [0.2, 0.25) is 0 Å². The van der Waals surface area contributed by atoms with Gasteiger partial charge in [0.1, 0.15) is 0 Å². The van der Waals surface area contributed by atoms with Gasteiger partial charge in [-0.15, -0.1) is 0 Å². The third kappa shape index (κ3) is 6.30. The Morgan fingerprint density at radius 3 is 2.25 bits per heavy atom. The van der Waals surface area contributed by atoms with Crippen LogP contribution in [0.4, 0.5) is 8.78 Å². The van der Waals surface area contributed by atoms with E-state index in [1.807, 2.05) is 0 Å². The second-order valence-corrected chi connectivity index (χ2v) is 2.47. The van der Waals surface area contributed by atoms with Crippen molar-refractivity contribution in [3.63, 3.8) is 0 Å². The predicted molar refractivity (Wildman–Crippen MR) is 31.4 cm³/mol. The van der Waals surface area contributed by atoms with Crippen LogP contribution in [0, 0.1) is 0 Å². The van der Waals surface area contributed by atoms with Crippen LogP contribution in [0.5, 0.6) is 0 Å². The van der Waals surface area contributed by atoms with Crippen LogP contribution in [-0.4, -0.2) is 17.9 Å². The average molecular weight is 187 g/mol. The third-order valence-electron chi connectivity index (χ3n) is 0.515. The van der Waals surface area contributed by atoms with E-state index < -0.39 is 11.4 Å². The molecule has 0 fully saturated rings. The van der Waals surface area contributed by atoms with Crippen molar-refractivity contribution in [2.45, 2.75) is 11.8 Å². The Labute approximate surface area is 55.6 Å². The summed E-state index contributed by atoms with van der Waals surface area (Å²) in [7, 11) is 0. The molecule has 49 valence electrons. The van der Waals surface area contributed by atoms with Crippen LogP contribution in [0.3, 0.4) is 0 Å². The van der Waals surface area contributed by atoms with Gasteiger partial charge < -0.3 is 0 Å². The summed E-state index contributed by atoms with van der Waals surface area (Å²) in [6.07, 6.45) is 0. The summed E-state index contributed by atoms with van der Waals surface area (Å²) in [5.41, 5.74) is 0. The minimum absolute atomic E-state index is 0.427. The van der Waals surface area contributed by atoms with Crippen molar-refractivity contribution >= 4 is 15.9 Å². The number of halogens is 3. The molecule has 0 spiro atoms.